The van der Waals surface area contributed by atoms with Crippen molar-refractivity contribution in [2.75, 3.05) is 25.6 Å². The lowest BCUT2D eigenvalue weighted by Crippen LogP contribution is -2.23. The number of benzene rings is 2. The molecule has 0 saturated carbocycles. The zero-order valence-corrected chi connectivity index (χ0v) is 16.5. The van der Waals surface area contributed by atoms with Crippen molar-refractivity contribution in [1.82, 2.24) is 0 Å². The Bertz CT molecular complexity index is 921. The summed E-state index contributed by atoms with van der Waals surface area (Å²) in [5.74, 6) is 1.62. The number of alkyl halides is 2. The Morgan fingerprint density at radius 1 is 1.10 bits per heavy atom. The van der Waals surface area contributed by atoms with Gasteiger partial charge in [0.25, 0.3) is 5.24 Å². The van der Waals surface area contributed by atoms with Gasteiger partial charge in [-0.15, -0.1) is 10.2 Å². The van der Waals surface area contributed by atoms with Crippen molar-refractivity contribution in [2.45, 2.75) is 6.61 Å². The molecule has 1 amide bonds. The molecule has 0 spiro atoms. The largest absolute Gasteiger partial charge is 0.497 e. The number of amides is 1. The van der Waals surface area contributed by atoms with Crippen LogP contribution in [0.2, 0.25) is 0 Å². The summed E-state index contributed by atoms with van der Waals surface area (Å²) in [5.41, 5.74) is 0.420. The lowest BCUT2D eigenvalue weighted by atomic mass is 10.3. The van der Waals surface area contributed by atoms with Crippen LogP contribution in [0.3, 0.4) is 0 Å². The predicted octanol–water partition coefficient (Wildman–Crippen LogP) is 4.38. The van der Waals surface area contributed by atoms with Gasteiger partial charge in [-0.1, -0.05) is 0 Å². The molecular weight excluding hydrogens is 420 g/mol. The number of ether oxygens (including phenoxy) is 4. The van der Waals surface area contributed by atoms with Crippen LogP contribution in [-0.2, 0) is 4.74 Å². The number of nitrogens with zero attached hydrogens (tertiary/aromatic N) is 2. The van der Waals surface area contributed by atoms with Gasteiger partial charge in [0, 0.05) is 5.69 Å². The normalized spacial score (nSPS) is 13.1. The first kappa shape index (κ1) is 21.4. The molecule has 0 bridgehead atoms. The van der Waals surface area contributed by atoms with E-state index >= 15 is 0 Å². The second-order valence-corrected chi connectivity index (χ2v) is 6.70. The van der Waals surface area contributed by atoms with Gasteiger partial charge in [-0.25, -0.2) is 0 Å². The molecule has 30 heavy (non-hydrogen) atoms. The molecule has 0 aromatic heterocycles. The molecule has 3 rings (SSSR count). The summed E-state index contributed by atoms with van der Waals surface area (Å²) in [6.07, 6.45) is 0. The van der Waals surface area contributed by atoms with Crippen LogP contribution < -0.4 is 19.5 Å². The summed E-state index contributed by atoms with van der Waals surface area (Å²) in [6.45, 7) is -2.74. The maximum Gasteiger partial charge on any atom is 0.387 e. The van der Waals surface area contributed by atoms with Gasteiger partial charge < -0.3 is 24.3 Å². The zero-order chi connectivity index (χ0) is 21.3. The Morgan fingerprint density at radius 2 is 1.77 bits per heavy atom. The number of hydrogen-bond donors (Lipinski definition) is 1. The van der Waals surface area contributed by atoms with Gasteiger partial charge in [-0.2, -0.15) is 8.78 Å². The fourth-order valence-corrected chi connectivity index (χ4v) is 2.80. The summed E-state index contributed by atoms with van der Waals surface area (Å²) >= 11 is 0.813. The van der Waals surface area contributed by atoms with Crippen molar-refractivity contribution in [1.29, 1.82) is 0 Å². The van der Waals surface area contributed by atoms with Crippen LogP contribution in [0.4, 0.5) is 19.3 Å². The van der Waals surface area contributed by atoms with Gasteiger partial charge in [-0.3, -0.25) is 4.79 Å². The minimum atomic E-state index is -2.91. The highest BCUT2D eigenvalue weighted by molar-refractivity contribution is 8.26. The highest BCUT2D eigenvalue weighted by Gasteiger charge is 2.16. The summed E-state index contributed by atoms with van der Waals surface area (Å²) in [7, 11) is 1.58. The lowest BCUT2D eigenvalue weighted by Gasteiger charge is -2.14. The van der Waals surface area contributed by atoms with Crippen molar-refractivity contribution < 1.29 is 32.5 Å². The van der Waals surface area contributed by atoms with Crippen LogP contribution >= 0.6 is 11.8 Å². The number of hydrogen-bond acceptors (Lipinski definition) is 8. The molecule has 0 unspecified atom stereocenters. The molecule has 8 nitrogen and oxygen atoms in total. The molecule has 2 aromatic rings. The van der Waals surface area contributed by atoms with Crippen molar-refractivity contribution in [3.8, 4) is 17.2 Å². The maximum atomic E-state index is 12.1. The highest BCUT2D eigenvalue weighted by Crippen LogP contribution is 2.20. The molecule has 2 aromatic carbocycles. The van der Waals surface area contributed by atoms with Crippen LogP contribution in [-0.4, -0.2) is 43.1 Å². The number of carbonyl (C=O) groups excluding carboxylic acids is 1. The quantitative estimate of drug-likeness (QED) is 0.691. The number of halogens is 2. The molecule has 0 atom stereocenters. The second-order valence-electron chi connectivity index (χ2n) is 5.66. The van der Waals surface area contributed by atoms with E-state index in [1.807, 2.05) is 0 Å². The van der Waals surface area contributed by atoms with Crippen molar-refractivity contribution in [2.24, 2.45) is 10.2 Å². The summed E-state index contributed by atoms with van der Waals surface area (Å²) in [6, 6.07) is 12.6. The van der Waals surface area contributed by atoms with E-state index in [1.54, 1.807) is 31.4 Å². The number of anilines is 1. The fourth-order valence-electron chi connectivity index (χ4n) is 2.22. The standard InChI is InChI=1S/C19H17F2N3O5S/c1-26-13-6-8-14(9-7-13)27-10-16-23-24-17(11-28-16)30-19(25)22-12-2-4-15(5-3-12)29-18(20)21/h2-9,18H,10-11H2,1H3,(H,22,25). The van der Waals surface area contributed by atoms with Crippen LogP contribution in [0.1, 0.15) is 0 Å². The third-order valence-electron chi connectivity index (χ3n) is 3.59. The van der Waals surface area contributed by atoms with E-state index in [-0.39, 0.29) is 24.9 Å². The van der Waals surface area contributed by atoms with Gasteiger partial charge in [0.2, 0.25) is 5.90 Å². The van der Waals surface area contributed by atoms with Gasteiger partial charge in [0.1, 0.15) is 28.9 Å². The number of methoxy groups -OCH3 is 1. The highest BCUT2D eigenvalue weighted by atomic mass is 32.2. The minimum absolute atomic E-state index is 0.000525. The number of thioether (sulfide) groups is 1. The molecular formula is C19H17F2N3O5S. The molecule has 158 valence electrons. The molecule has 1 N–H and O–H groups in total. The topological polar surface area (TPSA) is 90.7 Å². The van der Waals surface area contributed by atoms with Crippen molar-refractivity contribution >= 4 is 33.6 Å². The molecule has 11 heteroatoms. The first-order chi connectivity index (χ1) is 14.5. The zero-order valence-electron chi connectivity index (χ0n) is 15.7. The van der Waals surface area contributed by atoms with Crippen molar-refractivity contribution in [3.63, 3.8) is 0 Å². The molecule has 1 heterocycles. The predicted molar refractivity (Wildman–Crippen MR) is 109 cm³/mol. The summed E-state index contributed by atoms with van der Waals surface area (Å²) in [5, 5.41) is 10.4. The van der Waals surface area contributed by atoms with E-state index in [4.69, 9.17) is 14.2 Å². The molecule has 0 radical (unpaired) electrons. The fraction of sp³-hybridized carbons (Fsp3) is 0.211. The minimum Gasteiger partial charge on any atom is -0.497 e. The molecule has 1 aliphatic heterocycles. The van der Waals surface area contributed by atoms with E-state index in [0.717, 1.165) is 17.5 Å². The van der Waals surface area contributed by atoms with E-state index in [2.05, 4.69) is 20.3 Å². The van der Waals surface area contributed by atoms with Gasteiger partial charge >= 0.3 is 6.61 Å². The van der Waals surface area contributed by atoms with Crippen LogP contribution in [0, 0.1) is 0 Å². The van der Waals surface area contributed by atoms with Gasteiger partial charge in [0.15, 0.2) is 6.61 Å². The first-order valence-corrected chi connectivity index (χ1v) is 9.40. The maximum absolute atomic E-state index is 12.1. The average Bonchev–Trinajstić information content (AvgIpc) is 2.74. The molecule has 0 saturated heterocycles. The average molecular weight is 437 g/mol. The van der Waals surface area contributed by atoms with E-state index < -0.39 is 11.9 Å². The Morgan fingerprint density at radius 3 is 2.37 bits per heavy atom. The Balaban J connectivity index is 1.46. The third kappa shape index (κ3) is 6.62. The van der Waals surface area contributed by atoms with Crippen molar-refractivity contribution in [3.05, 3.63) is 48.5 Å². The molecule has 0 fully saturated rings. The van der Waals surface area contributed by atoms with E-state index in [9.17, 15) is 13.6 Å². The molecule has 1 aliphatic rings. The smallest absolute Gasteiger partial charge is 0.387 e. The SMILES string of the molecule is COc1ccc(OCC2=NN=C(SC(=O)Nc3ccc(OC(F)F)cc3)CO2)cc1. The second kappa shape index (κ2) is 10.4. The van der Waals surface area contributed by atoms with E-state index in [1.165, 1.54) is 24.3 Å². The summed E-state index contributed by atoms with van der Waals surface area (Å²) < 4.78 is 44.6. The first-order valence-electron chi connectivity index (χ1n) is 8.58. The van der Waals surface area contributed by atoms with Gasteiger partial charge in [-0.05, 0) is 60.3 Å². The van der Waals surface area contributed by atoms with Crippen LogP contribution in [0.15, 0.2) is 58.7 Å². The Labute approximate surface area is 174 Å². The van der Waals surface area contributed by atoms with E-state index in [0.29, 0.717) is 16.5 Å². The molecule has 0 aliphatic carbocycles. The van der Waals surface area contributed by atoms with Crippen LogP contribution in [0.5, 0.6) is 17.2 Å². The Hall–Kier alpha value is -3.34. The van der Waals surface area contributed by atoms with Gasteiger partial charge in [0.05, 0.1) is 7.11 Å². The lowest BCUT2D eigenvalue weighted by molar-refractivity contribution is -0.0498. The van der Waals surface area contributed by atoms with Crippen LogP contribution in [0.25, 0.3) is 0 Å². The number of carbonyl (C=O) groups is 1. The number of rotatable bonds is 7. The monoisotopic (exact) mass is 437 g/mol. The third-order valence-corrected chi connectivity index (χ3v) is 4.32. The number of nitrogens with one attached hydrogen (secondary N) is 1. The summed E-state index contributed by atoms with van der Waals surface area (Å²) in [4.78, 5) is 12.1. The Kier molecular flexibility index (Phi) is 7.44.